The number of hydrogen-bond acceptors (Lipinski definition) is 0. The molecule has 0 amide bonds. The summed E-state index contributed by atoms with van der Waals surface area (Å²) in [5.74, 6) is 1.28. The Morgan fingerprint density at radius 1 is 1.00 bits per heavy atom. The van der Waals surface area contributed by atoms with Crippen molar-refractivity contribution in [3.63, 3.8) is 0 Å². The largest absolute Gasteiger partial charge is 0.123 e. The van der Waals surface area contributed by atoms with Crippen LogP contribution < -0.4 is 0 Å². The maximum atomic E-state index is 6.33. The molecule has 1 aliphatic rings. The van der Waals surface area contributed by atoms with Gasteiger partial charge in [-0.05, 0) is 67.7 Å². The van der Waals surface area contributed by atoms with Gasteiger partial charge >= 0.3 is 0 Å². The van der Waals surface area contributed by atoms with Crippen LogP contribution in [0.1, 0.15) is 47.9 Å². The third-order valence-corrected chi connectivity index (χ3v) is 4.86. The molecular weight excluding hydrogens is 216 g/mol. The van der Waals surface area contributed by atoms with E-state index >= 15 is 0 Å². The lowest BCUT2D eigenvalue weighted by Crippen LogP contribution is -2.11. The van der Waals surface area contributed by atoms with Crippen molar-refractivity contribution in [2.75, 3.05) is 0 Å². The number of hydrogen-bond donors (Lipinski definition) is 0. The normalized spacial score (nSPS) is 29.7. The SMILES string of the molecule is Cc1cc(C)c(C2CCC(Cl)C2C)cc1C. The Kier molecular flexibility index (Phi) is 3.30. The molecule has 16 heavy (non-hydrogen) atoms. The van der Waals surface area contributed by atoms with E-state index in [0.717, 1.165) is 0 Å². The maximum Gasteiger partial charge on any atom is 0.0367 e. The summed E-state index contributed by atoms with van der Waals surface area (Å²) < 4.78 is 0. The van der Waals surface area contributed by atoms with E-state index < -0.39 is 0 Å². The Hall–Kier alpha value is -0.490. The molecule has 2 rings (SSSR count). The molecule has 3 atom stereocenters. The van der Waals surface area contributed by atoms with Crippen molar-refractivity contribution in [2.45, 2.75) is 51.8 Å². The van der Waals surface area contributed by atoms with Crippen LogP contribution in [0.25, 0.3) is 0 Å². The first-order valence-electron chi connectivity index (χ1n) is 6.22. The van der Waals surface area contributed by atoms with Crippen molar-refractivity contribution < 1.29 is 0 Å². The molecule has 1 heteroatoms. The standard InChI is InChI=1S/C15H21Cl/c1-9-7-11(3)14(8-10(9)2)13-5-6-15(16)12(13)4/h7-8,12-13,15H,5-6H2,1-4H3. The molecule has 0 heterocycles. The molecule has 1 saturated carbocycles. The first kappa shape index (κ1) is 12.0. The molecule has 0 saturated heterocycles. The predicted octanol–water partition coefficient (Wildman–Crippen LogP) is 4.73. The van der Waals surface area contributed by atoms with Gasteiger partial charge in [0, 0.05) is 5.38 Å². The average molecular weight is 237 g/mol. The Balaban J connectivity index is 2.37. The molecule has 1 aromatic rings. The highest BCUT2D eigenvalue weighted by Crippen LogP contribution is 2.43. The van der Waals surface area contributed by atoms with Crippen LogP contribution >= 0.6 is 11.6 Å². The lowest BCUT2D eigenvalue weighted by Gasteiger charge is -2.21. The number of alkyl halides is 1. The molecule has 1 aliphatic carbocycles. The lowest BCUT2D eigenvalue weighted by molar-refractivity contribution is 0.535. The summed E-state index contributed by atoms with van der Waals surface area (Å²) in [5.41, 5.74) is 5.77. The Labute approximate surface area is 104 Å². The number of rotatable bonds is 1. The van der Waals surface area contributed by atoms with Gasteiger partial charge in [0.05, 0.1) is 0 Å². The zero-order valence-electron chi connectivity index (χ0n) is 10.7. The van der Waals surface area contributed by atoms with E-state index in [9.17, 15) is 0 Å². The molecule has 3 unspecified atom stereocenters. The summed E-state index contributed by atoms with van der Waals surface area (Å²) in [5, 5.41) is 0.367. The first-order chi connectivity index (χ1) is 7.50. The van der Waals surface area contributed by atoms with Gasteiger partial charge in [0.1, 0.15) is 0 Å². The number of benzene rings is 1. The van der Waals surface area contributed by atoms with Crippen LogP contribution in [-0.4, -0.2) is 5.38 Å². The molecule has 1 aromatic carbocycles. The molecule has 88 valence electrons. The van der Waals surface area contributed by atoms with Gasteiger partial charge in [-0.15, -0.1) is 11.6 Å². The molecular formula is C15H21Cl. The van der Waals surface area contributed by atoms with Gasteiger partial charge < -0.3 is 0 Å². The maximum absolute atomic E-state index is 6.33. The first-order valence-corrected chi connectivity index (χ1v) is 6.66. The van der Waals surface area contributed by atoms with Crippen molar-refractivity contribution in [2.24, 2.45) is 5.92 Å². The van der Waals surface area contributed by atoms with Crippen molar-refractivity contribution in [1.82, 2.24) is 0 Å². The lowest BCUT2D eigenvalue weighted by atomic mass is 9.85. The summed E-state index contributed by atoms with van der Waals surface area (Å²) in [6.07, 6.45) is 2.42. The van der Waals surface area contributed by atoms with E-state index in [4.69, 9.17) is 11.6 Å². The molecule has 0 N–H and O–H groups in total. The van der Waals surface area contributed by atoms with Crippen LogP contribution in [0.15, 0.2) is 12.1 Å². The highest BCUT2D eigenvalue weighted by molar-refractivity contribution is 6.21. The minimum Gasteiger partial charge on any atom is -0.123 e. The van der Waals surface area contributed by atoms with Crippen LogP contribution in [0.5, 0.6) is 0 Å². The predicted molar refractivity (Wildman–Crippen MR) is 71.4 cm³/mol. The highest BCUT2D eigenvalue weighted by atomic mass is 35.5. The summed E-state index contributed by atoms with van der Waals surface area (Å²) in [6, 6.07) is 4.69. The quantitative estimate of drug-likeness (QED) is 0.619. The monoisotopic (exact) mass is 236 g/mol. The Bertz CT molecular complexity index is 395. The van der Waals surface area contributed by atoms with E-state index in [0.29, 0.717) is 17.2 Å². The van der Waals surface area contributed by atoms with Crippen molar-refractivity contribution in [3.8, 4) is 0 Å². The summed E-state index contributed by atoms with van der Waals surface area (Å²) in [6.45, 7) is 8.92. The van der Waals surface area contributed by atoms with Crippen LogP contribution in [-0.2, 0) is 0 Å². The molecule has 0 aliphatic heterocycles. The van der Waals surface area contributed by atoms with Gasteiger partial charge in [-0.1, -0.05) is 19.1 Å². The van der Waals surface area contributed by atoms with Gasteiger partial charge in [0.2, 0.25) is 0 Å². The third kappa shape index (κ3) is 2.00. The van der Waals surface area contributed by atoms with Crippen LogP contribution in [0.2, 0.25) is 0 Å². The van der Waals surface area contributed by atoms with E-state index in [2.05, 4.69) is 39.8 Å². The zero-order valence-corrected chi connectivity index (χ0v) is 11.4. The van der Waals surface area contributed by atoms with Crippen LogP contribution in [0, 0.1) is 26.7 Å². The minimum absolute atomic E-state index is 0.367. The van der Waals surface area contributed by atoms with Crippen LogP contribution in [0.3, 0.4) is 0 Å². The molecule has 0 spiro atoms. The molecule has 0 nitrogen and oxygen atoms in total. The summed E-state index contributed by atoms with van der Waals surface area (Å²) in [7, 11) is 0. The van der Waals surface area contributed by atoms with E-state index in [1.54, 1.807) is 0 Å². The van der Waals surface area contributed by atoms with Gasteiger partial charge in [0.15, 0.2) is 0 Å². The number of aryl methyl sites for hydroxylation is 3. The second-order valence-electron chi connectivity index (χ2n) is 5.35. The second kappa shape index (κ2) is 4.41. The van der Waals surface area contributed by atoms with Gasteiger partial charge in [0.25, 0.3) is 0 Å². The molecule has 0 bridgehead atoms. The van der Waals surface area contributed by atoms with Gasteiger partial charge in [-0.2, -0.15) is 0 Å². The summed E-state index contributed by atoms with van der Waals surface area (Å²) in [4.78, 5) is 0. The van der Waals surface area contributed by atoms with Crippen LogP contribution in [0.4, 0.5) is 0 Å². The van der Waals surface area contributed by atoms with Gasteiger partial charge in [-0.25, -0.2) is 0 Å². The average Bonchev–Trinajstić information content (AvgIpc) is 2.54. The fraction of sp³-hybridized carbons (Fsp3) is 0.600. The second-order valence-corrected chi connectivity index (χ2v) is 5.91. The highest BCUT2D eigenvalue weighted by Gasteiger charge is 2.33. The Morgan fingerprint density at radius 3 is 2.19 bits per heavy atom. The summed E-state index contributed by atoms with van der Waals surface area (Å²) >= 11 is 6.33. The zero-order chi connectivity index (χ0) is 11.9. The minimum atomic E-state index is 0.367. The smallest absolute Gasteiger partial charge is 0.0367 e. The van der Waals surface area contributed by atoms with E-state index in [-0.39, 0.29) is 0 Å². The van der Waals surface area contributed by atoms with Crippen molar-refractivity contribution in [3.05, 3.63) is 34.4 Å². The van der Waals surface area contributed by atoms with E-state index in [1.165, 1.54) is 35.1 Å². The number of halogens is 1. The topological polar surface area (TPSA) is 0 Å². The fourth-order valence-electron chi connectivity index (χ4n) is 2.94. The van der Waals surface area contributed by atoms with Crippen molar-refractivity contribution in [1.29, 1.82) is 0 Å². The Morgan fingerprint density at radius 2 is 1.62 bits per heavy atom. The van der Waals surface area contributed by atoms with Gasteiger partial charge in [-0.3, -0.25) is 0 Å². The molecule has 0 aromatic heterocycles. The van der Waals surface area contributed by atoms with Crippen molar-refractivity contribution >= 4 is 11.6 Å². The molecule has 1 fully saturated rings. The molecule has 0 radical (unpaired) electrons. The third-order valence-electron chi connectivity index (χ3n) is 4.24. The van der Waals surface area contributed by atoms with E-state index in [1.807, 2.05) is 0 Å². The fourth-order valence-corrected chi connectivity index (χ4v) is 3.24.